The van der Waals surface area contributed by atoms with Crippen molar-refractivity contribution in [3.63, 3.8) is 0 Å². The number of amides is 1. The van der Waals surface area contributed by atoms with Crippen molar-refractivity contribution in [3.8, 4) is 5.75 Å². The van der Waals surface area contributed by atoms with Gasteiger partial charge in [-0.25, -0.2) is 14.4 Å². The summed E-state index contributed by atoms with van der Waals surface area (Å²) in [5.41, 5.74) is -0.390. The molecule has 1 N–H and O–H groups in total. The van der Waals surface area contributed by atoms with Crippen LogP contribution in [0.5, 0.6) is 5.75 Å². The number of carboxylic acids is 1. The molecule has 1 amide bonds. The number of carbonyl (C=O) groups excluding carboxylic acids is 2. The summed E-state index contributed by atoms with van der Waals surface area (Å²) >= 11 is 0. The Kier molecular flexibility index (Phi) is 6.30. The molecule has 0 radical (unpaired) electrons. The van der Waals surface area contributed by atoms with Crippen LogP contribution in [0.3, 0.4) is 0 Å². The molecular weight excluding hydrogens is 354 g/mol. The van der Waals surface area contributed by atoms with Gasteiger partial charge in [0.25, 0.3) is 0 Å². The lowest BCUT2D eigenvalue weighted by Crippen LogP contribution is -2.43. The van der Waals surface area contributed by atoms with Crippen LogP contribution >= 0.6 is 0 Å². The molecule has 1 aromatic rings. The molecule has 0 aromatic heterocycles. The number of likely N-dealkylation sites (tertiary alicyclic amines) is 1. The Hall–Kier alpha value is -2.77. The van der Waals surface area contributed by atoms with E-state index in [-0.39, 0.29) is 19.6 Å². The fraction of sp³-hybridized carbons (Fsp3) is 0.526. The molecule has 8 nitrogen and oxygen atoms in total. The van der Waals surface area contributed by atoms with Gasteiger partial charge >= 0.3 is 18.0 Å². The van der Waals surface area contributed by atoms with Gasteiger partial charge < -0.3 is 19.3 Å². The maximum absolute atomic E-state index is 12.3. The van der Waals surface area contributed by atoms with E-state index in [1.807, 2.05) is 0 Å². The Labute approximate surface area is 158 Å². The third-order valence-corrected chi connectivity index (χ3v) is 3.82. The minimum atomic E-state index is -1.12. The highest BCUT2D eigenvalue weighted by Crippen LogP contribution is 2.26. The van der Waals surface area contributed by atoms with Gasteiger partial charge in [-0.15, -0.1) is 0 Å². The molecule has 0 spiro atoms. The first-order chi connectivity index (χ1) is 12.6. The standard InChI is InChI=1S/C19H25NO7/c1-5-25-17(23)12-7-6-8-13(9-12)26-14-10-15(16(21)22)20(11-14)18(24)27-19(2,3)4/h6-9,14-15H,5,10-11H2,1-4H3,(H,21,22)/t14-,15-/m1/s1. The third-order valence-electron chi connectivity index (χ3n) is 3.82. The van der Waals surface area contributed by atoms with Gasteiger partial charge in [0.1, 0.15) is 23.5 Å². The molecule has 0 bridgehead atoms. The second kappa shape index (κ2) is 8.28. The lowest BCUT2D eigenvalue weighted by molar-refractivity contribution is -0.142. The van der Waals surface area contributed by atoms with Crippen molar-refractivity contribution in [1.82, 2.24) is 4.90 Å². The van der Waals surface area contributed by atoms with Gasteiger partial charge in [-0.05, 0) is 45.9 Å². The molecule has 148 valence electrons. The molecule has 1 heterocycles. The topological polar surface area (TPSA) is 102 Å². The zero-order valence-electron chi connectivity index (χ0n) is 15.9. The normalized spacial score (nSPS) is 19.5. The van der Waals surface area contributed by atoms with E-state index in [4.69, 9.17) is 14.2 Å². The average Bonchev–Trinajstić information content (AvgIpc) is 2.98. The predicted molar refractivity (Wildman–Crippen MR) is 95.8 cm³/mol. The number of hydrogen-bond donors (Lipinski definition) is 1. The Morgan fingerprint density at radius 1 is 1.26 bits per heavy atom. The monoisotopic (exact) mass is 379 g/mol. The van der Waals surface area contributed by atoms with Crippen LogP contribution in [0, 0.1) is 0 Å². The SMILES string of the molecule is CCOC(=O)c1cccc(O[C@@H]2C[C@H](C(=O)O)N(C(=O)OC(C)(C)C)C2)c1. The lowest BCUT2D eigenvalue weighted by Gasteiger charge is -2.26. The first-order valence-electron chi connectivity index (χ1n) is 8.77. The van der Waals surface area contributed by atoms with Crippen molar-refractivity contribution in [2.24, 2.45) is 0 Å². The number of nitrogens with zero attached hydrogens (tertiary/aromatic N) is 1. The quantitative estimate of drug-likeness (QED) is 0.785. The highest BCUT2D eigenvalue weighted by molar-refractivity contribution is 5.89. The van der Waals surface area contributed by atoms with Crippen molar-refractivity contribution < 1.29 is 33.7 Å². The van der Waals surface area contributed by atoms with Crippen molar-refractivity contribution in [2.45, 2.75) is 51.9 Å². The number of hydrogen-bond acceptors (Lipinski definition) is 6. The number of aliphatic carboxylic acids is 1. The summed E-state index contributed by atoms with van der Waals surface area (Å²) < 4.78 is 16.1. The van der Waals surface area contributed by atoms with E-state index in [0.29, 0.717) is 11.3 Å². The van der Waals surface area contributed by atoms with Gasteiger partial charge in [0.15, 0.2) is 0 Å². The van der Waals surface area contributed by atoms with Gasteiger partial charge in [-0.1, -0.05) is 6.07 Å². The summed E-state index contributed by atoms with van der Waals surface area (Å²) in [6.07, 6.45) is -1.10. The molecule has 27 heavy (non-hydrogen) atoms. The van der Waals surface area contributed by atoms with Crippen LogP contribution in [0.25, 0.3) is 0 Å². The number of ether oxygens (including phenoxy) is 3. The van der Waals surface area contributed by atoms with E-state index in [1.54, 1.807) is 45.9 Å². The first kappa shape index (κ1) is 20.5. The Balaban J connectivity index is 2.10. The minimum absolute atomic E-state index is 0.0789. The summed E-state index contributed by atoms with van der Waals surface area (Å²) in [6.45, 7) is 7.20. The molecule has 2 rings (SSSR count). The van der Waals surface area contributed by atoms with Crippen molar-refractivity contribution in [3.05, 3.63) is 29.8 Å². The number of rotatable bonds is 5. The van der Waals surface area contributed by atoms with Gasteiger partial charge in [-0.2, -0.15) is 0 Å². The van der Waals surface area contributed by atoms with Crippen LogP contribution in [0.2, 0.25) is 0 Å². The molecule has 0 aliphatic carbocycles. The van der Waals surface area contributed by atoms with Crippen molar-refractivity contribution in [1.29, 1.82) is 0 Å². The van der Waals surface area contributed by atoms with Crippen LogP contribution < -0.4 is 4.74 Å². The van der Waals surface area contributed by atoms with Crippen LogP contribution in [-0.4, -0.2) is 58.9 Å². The van der Waals surface area contributed by atoms with Crippen molar-refractivity contribution in [2.75, 3.05) is 13.2 Å². The summed E-state index contributed by atoms with van der Waals surface area (Å²) in [5.74, 6) is -1.18. The zero-order chi connectivity index (χ0) is 20.2. The molecule has 1 fully saturated rings. The van der Waals surface area contributed by atoms with E-state index in [0.717, 1.165) is 4.90 Å². The van der Waals surface area contributed by atoms with E-state index < -0.39 is 35.8 Å². The van der Waals surface area contributed by atoms with Crippen LogP contribution in [0.1, 0.15) is 44.5 Å². The molecule has 8 heteroatoms. The molecule has 0 saturated carbocycles. The van der Waals surface area contributed by atoms with Gasteiger partial charge in [-0.3, -0.25) is 4.90 Å². The smallest absolute Gasteiger partial charge is 0.411 e. The van der Waals surface area contributed by atoms with Crippen LogP contribution in [0.15, 0.2) is 24.3 Å². The van der Waals surface area contributed by atoms with Gasteiger partial charge in [0.2, 0.25) is 0 Å². The number of esters is 1. The highest BCUT2D eigenvalue weighted by atomic mass is 16.6. The zero-order valence-corrected chi connectivity index (χ0v) is 15.9. The van der Waals surface area contributed by atoms with Crippen LogP contribution in [-0.2, 0) is 14.3 Å². The van der Waals surface area contributed by atoms with E-state index >= 15 is 0 Å². The Morgan fingerprint density at radius 3 is 2.56 bits per heavy atom. The largest absolute Gasteiger partial charge is 0.488 e. The summed E-state index contributed by atoms with van der Waals surface area (Å²) in [4.78, 5) is 36.8. The maximum Gasteiger partial charge on any atom is 0.411 e. The van der Waals surface area contributed by atoms with Gasteiger partial charge in [0.05, 0.1) is 18.7 Å². The van der Waals surface area contributed by atoms with Crippen LogP contribution in [0.4, 0.5) is 4.79 Å². The Bertz CT molecular complexity index is 710. The third kappa shape index (κ3) is 5.60. The second-order valence-electron chi connectivity index (χ2n) is 7.21. The fourth-order valence-electron chi connectivity index (χ4n) is 2.74. The molecule has 0 unspecified atom stereocenters. The predicted octanol–water partition coefficient (Wildman–Crippen LogP) is 2.70. The highest BCUT2D eigenvalue weighted by Gasteiger charge is 2.42. The van der Waals surface area contributed by atoms with Gasteiger partial charge in [0, 0.05) is 6.42 Å². The lowest BCUT2D eigenvalue weighted by atomic mass is 10.2. The van der Waals surface area contributed by atoms with Crippen molar-refractivity contribution >= 4 is 18.0 Å². The summed E-state index contributed by atoms with van der Waals surface area (Å²) in [7, 11) is 0. The summed E-state index contributed by atoms with van der Waals surface area (Å²) in [5, 5.41) is 9.42. The van der Waals surface area contributed by atoms with E-state index in [9.17, 15) is 19.5 Å². The number of carbonyl (C=O) groups is 3. The van der Waals surface area contributed by atoms with E-state index in [2.05, 4.69) is 0 Å². The fourth-order valence-corrected chi connectivity index (χ4v) is 2.74. The minimum Gasteiger partial charge on any atom is -0.488 e. The number of carboxylic acid groups (broad SMARTS) is 1. The maximum atomic E-state index is 12.3. The molecular formula is C19H25NO7. The molecule has 1 aliphatic rings. The molecule has 1 saturated heterocycles. The second-order valence-corrected chi connectivity index (χ2v) is 7.21. The molecule has 1 aliphatic heterocycles. The molecule has 1 aromatic carbocycles. The first-order valence-corrected chi connectivity index (χ1v) is 8.77. The average molecular weight is 379 g/mol. The number of benzene rings is 1. The summed E-state index contributed by atoms with van der Waals surface area (Å²) in [6, 6.07) is 5.42. The van der Waals surface area contributed by atoms with E-state index in [1.165, 1.54) is 6.07 Å². The molecule has 2 atom stereocenters. The Morgan fingerprint density at radius 2 is 1.96 bits per heavy atom.